The lowest BCUT2D eigenvalue weighted by Crippen LogP contribution is -2.36. The number of oxazole rings is 1. The highest BCUT2D eigenvalue weighted by Gasteiger charge is 2.20. The summed E-state index contributed by atoms with van der Waals surface area (Å²) in [6.07, 6.45) is 2.23. The molecule has 1 aliphatic heterocycles. The van der Waals surface area contributed by atoms with E-state index in [0.717, 1.165) is 25.9 Å². The molecule has 140 valence electrons. The predicted octanol–water partition coefficient (Wildman–Crippen LogP) is 3.65. The van der Waals surface area contributed by atoms with Crippen molar-refractivity contribution >= 4 is 16.9 Å². The highest BCUT2D eigenvalue weighted by molar-refractivity contribution is 6.10. The van der Waals surface area contributed by atoms with Crippen LogP contribution in [0.5, 0.6) is 0 Å². The van der Waals surface area contributed by atoms with Crippen LogP contribution < -0.4 is 5.76 Å². The van der Waals surface area contributed by atoms with Crippen LogP contribution in [0.1, 0.15) is 35.7 Å². The van der Waals surface area contributed by atoms with Crippen molar-refractivity contribution in [2.75, 3.05) is 13.1 Å². The molecular formula is C21H21FN2O3. The van der Waals surface area contributed by atoms with Crippen molar-refractivity contribution in [2.45, 2.75) is 26.4 Å². The van der Waals surface area contributed by atoms with Gasteiger partial charge in [0.2, 0.25) is 0 Å². The Morgan fingerprint density at radius 2 is 1.93 bits per heavy atom. The van der Waals surface area contributed by atoms with Crippen LogP contribution in [0, 0.1) is 11.7 Å². The Morgan fingerprint density at radius 1 is 1.19 bits per heavy atom. The van der Waals surface area contributed by atoms with E-state index in [4.69, 9.17) is 4.42 Å². The molecule has 1 fully saturated rings. The fraction of sp³-hybridized carbons (Fsp3) is 0.333. The van der Waals surface area contributed by atoms with E-state index in [0.29, 0.717) is 29.2 Å². The lowest BCUT2D eigenvalue weighted by atomic mass is 10.00. The topological polar surface area (TPSA) is 55.5 Å². The van der Waals surface area contributed by atoms with Gasteiger partial charge in [0.25, 0.3) is 0 Å². The highest BCUT2D eigenvalue weighted by atomic mass is 19.1. The van der Waals surface area contributed by atoms with Gasteiger partial charge in [0.05, 0.1) is 17.7 Å². The number of nitrogens with zero attached hydrogens (tertiary/aromatic N) is 2. The molecule has 27 heavy (non-hydrogen) atoms. The molecule has 5 nitrogen and oxygen atoms in total. The average Bonchev–Trinajstić information content (AvgIpc) is 2.98. The molecule has 3 aromatic rings. The van der Waals surface area contributed by atoms with Crippen LogP contribution in [0.4, 0.5) is 4.39 Å². The summed E-state index contributed by atoms with van der Waals surface area (Å²) in [5.74, 6) is -0.735. The quantitative estimate of drug-likeness (QED) is 0.660. The SMILES string of the molecule is CC1CCN(Cn2c(=O)oc3cc(C(=O)c4ccccc4F)ccc32)CC1. The van der Waals surface area contributed by atoms with E-state index in [2.05, 4.69) is 11.8 Å². The summed E-state index contributed by atoms with van der Waals surface area (Å²) in [6, 6.07) is 10.7. The molecule has 0 saturated carbocycles. The molecular weight excluding hydrogens is 347 g/mol. The van der Waals surface area contributed by atoms with E-state index in [9.17, 15) is 14.0 Å². The van der Waals surface area contributed by atoms with Crippen LogP contribution in [0.25, 0.3) is 11.1 Å². The summed E-state index contributed by atoms with van der Waals surface area (Å²) in [5.41, 5.74) is 1.28. The molecule has 0 radical (unpaired) electrons. The summed E-state index contributed by atoms with van der Waals surface area (Å²) in [6.45, 7) is 4.61. The number of carbonyl (C=O) groups is 1. The molecule has 2 aromatic carbocycles. The average molecular weight is 368 g/mol. The van der Waals surface area contributed by atoms with Crippen molar-refractivity contribution in [3.63, 3.8) is 0 Å². The van der Waals surface area contributed by atoms with Crippen molar-refractivity contribution in [3.8, 4) is 0 Å². The van der Waals surface area contributed by atoms with E-state index >= 15 is 0 Å². The second-order valence-electron chi connectivity index (χ2n) is 7.23. The van der Waals surface area contributed by atoms with Crippen molar-refractivity contribution in [1.82, 2.24) is 9.47 Å². The number of ketones is 1. The number of hydrogen-bond donors (Lipinski definition) is 0. The van der Waals surface area contributed by atoms with Gasteiger partial charge in [-0.1, -0.05) is 19.1 Å². The number of halogens is 1. The minimum absolute atomic E-state index is 0.000987. The Kier molecular flexibility index (Phi) is 4.66. The molecule has 2 heterocycles. The zero-order valence-electron chi connectivity index (χ0n) is 15.2. The monoisotopic (exact) mass is 368 g/mol. The minimum atomic E-state index is -0.569. The number of aromatic nitrogens is 1. The molecule has 1 saturated heterocycles. The van der Waals surface area contributed by atoms with Gasteiger partial charge in [-0.2, -0.15) is 0 Å². The van der Waals surface area contributed by atoms with Crippen LogP contribution in [0.15, 0.2) is 51.7 Å². The Hall–Kier alpha value is -2.73. The first kappa shape index (κ1) is 17.7. The Labute approximate surface area is 156 Å². The van der Waals surface area contributed by atoms with Crippen LogP contribution in [0.3, 0.4) is 0 Å². The van der Waals surface area contributed by atoms with E-state index in [-0.39, 0.29) is 5.56 Å². The second-order valence-corrected chi connectivity index (χ2v) is 7.23. The first-order chi connectivity index (χ1) is 13.0. The summed E-state index contributed by atoms with van der Waals surface area (Å²) in [7, 11) is 0. The van der Waals surface area contributed by atoms with E-state index in [1.807, 2.05) is 0 Å². The first-order valence-corrected chi connectivity index (χ1v) is 9.18. The standard InChI is InChI=1S/C21H21FN2O3/c1-14-8-10-23(11-9-14)13-24-18-7-6-15(12-19(18)27-21(24)26)20(25)16-4-2-3-5-17(16)22/h2-7,12,14H,8-11,13H2,1H3. The number of benzene rings is 2. The van der Waals surface area contributed by atoms with E-state index < -0.39 is 17.4 Å². The lowest BCUT2D eigenvalue weighted by Gasteiger charge is -2.29. The number of hydrogen-bond acceptors (Lipinski definition) is 4. The number of carbonyl (C=O) groups excluding carboxylic acids is 1. The maximum Gasteiger partial charge on any atom is 0.421 e. The summed E-state index contributed by atoms with van der Waals surface area (Å²) in [5, 5.41) is 0. The molecule has 4 rings (SSSR count). The Bertz CT molecular complexity index is 1050. The zero-order valence-corrected chi connectivity index (χ0v) is 15.2. The summed E-state index contributed by atoms with van der Waals surface area (Å²) in [4.78, 5) is 27.1. The van der Waals surface area contributed by atoms with Gasteiger partial charge in [-0.05, 0) is 49.1 Å². The normalized spacial score (nSPS) is 16.1. The largest absolute Gasteiger partial charge is 0.421 e. The summed E-state index contributed by atoms with van der Waals surface area (Å²) < 4.78 is 20.8. The minimum Gasteiger partial charge on any atom is -0.408 e. The van der Waals surface area contributed by atoms with Crippen molar-refractivity contribution in [3.05, 3.63) is 70.0 Å². The van der Waals surface area contributed by atoms with Crippen LogP contribution in [-0.2, 0) is 6.67 Å². The van der Waals surface area contributed by atoms with Gasteiger partial charge in [0.15, 0.2) is 11.4 Å². The first-order valence-electron chi connectivity index (χ1n) is 9.18. The van der Waals surface area contributed by atoms with Gasteiger partial charge in [-0.15, -0.1) is 0 Å². The van der Waals surface area contributed by atoms with E-state index in [1.165, 1.54) is 24.3 Å². The number of fused-ring (bicyclic) bond motifs is 1. The van der Waals surface area contributed by atoms with E-state index in [1.54, 1.807) is 22.8 Å². The Morgan fingerprint density at radius 3 is 2.67 bits per heavy atom. The van der Waals surface area contributed by atoms with Gasteiger partial charge in [0.1, 0.15) is 5.82 Å². The van der Waals surface area contributed by atoms with Crippen LogP contribution in [0.2, 0.25) is 0 Å². The molecule has 0 spiro atoms. The smallest absolute Gasteiger partial charge is 0.408 e. The molecule has 6 heteroatoms. The van der Waals surface area contributed by atoms with Gasteiger partial charge in [-0.25, -0.2) is 9.18 Å². The highest BCUT2D eigenvalue weighted by Crippen LogP contribution is 2.21. The van der Waals surface area contributed by atoms with Gasteiger partial charge in [-0.3, -0.25) is 14.3 Å². The number of likely N-dealkylation sites (tertiary alicyclic amines) is 1. The van der Waals surface area contributed by atoms with Gasteiger partial charge < -0.3 is 4.42 Å². The van der Waals surface area contributed by atoms with Crippen molar-refractivity contribution in [1.29, 1.82) is 0 Å². The maximum absolute atomic E-state index is 13.9. The molecule has 0 atom stereocenters. The second kappa shape index (κ2) is 7.12. The van der Waals surface area contributed by atoms with Crippen LogP contribution in [-0.4, -0.2) is 28.3 Å². The van der Waals surface area contributed by atoms with Gasteiger partial charge in [0, 0.05) is 18.7 Å². The third kappa shape index (κ3) is 3.45. The third-order valence-corrected chi connectivity index (χ3v) is 5.27. The molecule has 1 aliphatic rings. The summed E-state index contributed by atoms with van der Waals surface area (Å²) >= 11 is 0. The molecule has 0 unspecified atom stereocenters. The number of rotatable bonds is 4. The molecule has 0 bridgehead atoms. The zero-order chi connectivity index (χ0) is 19.0. The Balaban J connectivity index is 1.64. The molecule has 0 N–H and O–H groups in total. The van der Waals surface area contributed by atoms with Crippen molar-refractivity contribution in [2.24, 2.45) is 5.92 Å². The molecule has 0 aliphatic carbocycles. The fourth-order valence-electron chi connectivity index (χ4n) is 3.55. The molecule has 0 amide bonds. The fourth-order valence-corrected chi connectivity index (χ4v) is 3.55. The third-order valence-electron chi connectivity index (χ3n) is 5.27. The van der Waals surface area contributed by atoms with Crippen molar-refractivity contribution < 1.29 is 13.6 Å². The number of piperidine rings is 1. The lowest BCUT2D eigenvalue weighted by molar-refractivity contribution is 0.103. The van der Waals surface area contributed by atoms with Crippen LogP contribution >= 0.6 is 0 Å². The predicted molar refractivity (Wildman–Crippen MR) is 100 cm³/mol. The van der Waals surface area contributed by atoms with Gasteiger partial charge >= 0.3 is 5.76 Å². The molecule has 1 aromatic heterocycles. The maximum atomic E-state index is 13.9.